The van der Waals surface area contributed by atoms with Crippen LogP contribution in [0.2, 0.25) is 0 Å². The molecule has 2 amide bonds. The quantitative estimate of drug-likeness (QED) is 0.495. The molecule has 0 spiro atoms. The maximum absolute atomic E-state index is 13.6. The van der Waals surface area contributed by atoms with E-state index in [1.165, 1.54) is 4.90 Å². The number of halogens is 2. The maximum atomic E-state index is 13.6. The summed E-state index contributed by atoms with van der Waals surface area (Å²) in [5, 5.41) is 6.56. The van der Waals surface area contributed by atoms with Crippen molar-refractivity contribution in [1.29, 1.82) is 0 Å². The Morgan fingerprint density at radius 1 is 1.35 bits per heavy atom. The first kappa shape index (κ1) is 25.7. The summed E-state index contributed by atoms with van der Waals surface area (Å²) >= 11 is 0. The summed E-state index contributed by atoms with van der Waals surface area (Å²) in [6, 6.07) is -1.75. The molecule has 1 radical (unpaired) electrons. The van der Waals surface area contributed by atoms with Gasteiger partial charge in [-0.15, -0.1) is 13.1 Å². The number of hydrogen-bond acceptors (Lipinski definition) is 2. The molecule has 0 unspecified atom stereocenters. The Morgan fingerprint density at radius 3 is 2.57 bits per heavy atom. The van der Waals surface area contributed by atoms with Gasteiger partial charge in [-0.1, -0.05) is 19.8 Å². The minimum atomic E-state index is -2.98. The number of nitrogens with zero attached hydrogens (tertiary/aromatic N) is 2. The van der Waals surface area contributed by atoms with Gasteiger partial charge >= 0.3 is 6.03 Å². The van der Waals surface area contributed by atoms with Gasteiger partial charge in [0.2, 0.25) is 5.92 Å². The molecule has 0 aromatic rings. The van der Waals surface area contributed by atoms with Gasteiger partial charge in [-0.3, -0.25) is 0 Å². The molecule has 0 saturated carbocycles. The summed E-state index contributed by atoms with van der Waals surface area (Å²) in [5.74, 6) is -3.67. The van der Waals surface area contributed by atoms with E-state index < -0.39 is 30.2 Å². The summed E-state index contributed by atoms with van der Waals surface area (Å²) in [5.41, 5.74) is 0. The monoisotopic (exact) mass is 576 g/mol. The summed E-state index contributed by atoms with van der Waals surface area (Å²) in [6.07, 6.45) is 0.0391. The minimum absolute atomic E-state index is 0. The van der Waals surface area contributed by atoms with Crippen molar-refractivity contribution >= 4 is 11.8 Å². The standard InChI is InChI=1S/C14H23F2N3O2.W.Y/c1-3-5-14(15,16)10-12(11(2)20)18-13(21)19-8-4-6-17-7-9-19;;/h12H,2-10H2,1H3,(H,18,21);;/q-2;;/t12-;;/m0../s1. The van der Waals surface area contributed by atoms with Gasteiger partial charge in [0.15, 0.2) is 0 Å². The van der Waals surface area contributed by atoms with Gasteiger partial charge in [-0.25, -0.2) is 13.6 Å². The van der Waals surface area contributed by atoms with Crippen molar-refractivity contribution in [2.45, 2.75) is 44.6 Å². The average Bonchev–Trinajstić information content (AvgIpc) is 2.66. The van der Waals surface area contributed by atoms with Gasteiger partial charge in [0.25, 0.3) is 0 Å². The zero-order valence-electron chi connectivity index (χ0n) is 13.4. The summed E-state index contributed by atoms with van der Waals surface area (Å²) < 4.78 is 27.3. The molecule has 5 nitrogen and oxygen atoms in total. The fourth-order valence-electron chi connectivity index (χ4n) is 2.24. The van der Waals surface area contributed by atoms with E-state index in [1.54, 1.807) is 6.92 Å². The number of nitrogens with one attached hydrogen (secondary N) is 1. The van der Waals surface area contributed by atoms with Crippen molar-refractivity contribution < 1.29 is 72.1 Å². The zero-order valence-corrected chi connectivity index (χ0v) is 19.2. The average molecular weight is 576 g/mol. The summed E-state index contributed by atoms with van der Waals surface area (Å²) in [6.45, 7) is 7.00. The van der Waals surface area contributed by atoms with Crippen molar-refractivity contribution in [3.05, 3.63) is 12.2 Å². The van der Waals surface area contributed by atoms with E-state index in [1.807, 2.05) is 0 Å². The van der Waals surface area contributed by atoms with Crippen LogP contribution in [-0.2, 0) is 58.6 Å². The number of carbonyl (C=O) groups is 2. The molecule has 1 N–H and O–H groups in total. The molecule has 1 aliphatic rings. The van der Waals surface area contributed by atoms with Crippen LogP contribution < -0.4 is 5.32 Å². The second-order valence-electron chi connectivity index (χ2n) is 5.29. The smallest absolute Gasteiger partial charge is 0.317 e. The first-order chi connectivity index (χ1) is 9.85. The third-order valence-corrected chi connectivity index (χ3v) is 3.36. The van der Waals surface area contributed by atoms with Crippen LogP contribution in [0.3, 0.4) is 0 Å². The van der Waals surface area contributed by atoms with Crippen LogP contribution in [0.25, 0.3) is 5.32 Å². The van der Waals surface area contributed by atoms with E-state index in [2.05, 4.69) is 17.6 Å². The fraction of sp³-hybridized carbons (Fsp3) is 0.786. The van der Waals surface area contributed by atoms with E-state index in [9.17, 15) is 18.4 Å². The third kappa shape index (κ3) is 10.1. The first-order valence-corrected chi connectivity index (χ1v) is 7.28. The van der Waals surface area contributed by atoms with E-state index in [0.29, 0.717) is 32.6 Å². The Kier molecular flexibility index (Phi) is 14.2. The van der Waals surface area contributed by atoms with E-state index in [0.717, 1.165) is 6.42 Å². The van der Waals surface area contributed by atoms with Gasteiger partial charge in [-0.2, -0.15) is 0 Å². The predicted octanol–water partition coefficient (Wildman–Crippen LogP) is 2.37. The maximum Gasteiger partial charge on any atom is 0.317 e. The molecule has 23 heavy (non-hydrogen) atoms. The Labute approximate surface area is 176 Å². The van der Waals surface area contributed by atoms with Crippen molar-refractivity contribution in [2.24, 2.45) is 0 Å². The van der Waals surface area contributed by atoms with Gasteiger partial charge in [-0.05, 0) is 0 Å². The largest absolute Gasteiger partial charge is 0.661 e. The molecule has 0 aromatic carbocycles. The number of Topliss-reactive ketones (excluding diaryl/α,β-unsaturated/α-hetero) is 1. The van der Waals surface area contributed by atoms with E-state index >= 15 is 0 Å². The molecule has 1 saturated heterocycles. The molecular formula is C14H23F2N3O2WY-2. The second-order valence-corrected chi connectivity index (χ2v) is 5.29. The topological polar surface area (TPSA) is 63.5 Å². The molecule has 1 heterocycles. The van der Waals surface area contributed by atoms with Gasteiger partial charge in [0, 0.05) is 85.5 Å². The van der Waals surface area contributed by atoms with Crippen LogP contribution in [0.15, 0.2) is 0 Å². The summed E-state index contributed by atoms with van der Waals surface area (Å²) in [4.78, 5) is 25.0. The van der Waals surface area contributed by atoms with Gasteiger partial charge in [0.1, 0.15) is 0 Å². The number of hydrogen-bond donors (Lipinski definition) is 1. The zero-order chi connectivity index (χ0) is 15.9. The molecule has 131 valence electrons. The first-order valence-electron chi connectivity index (χ1n) is 7.28. The Balaban J connectivity index is 0. The number of amides is 2. The van der Waals surface area contributed by atoms with Crippen LogP contribution in [0.4, 0.5) is 13.6 Å². The van der Waals surface area contributed by atoms with Gasteiger partial charge in [0.05, 0.1) is 6.04 Å². The summed E-state index contributed by atoms with van der Waals surface area (Å²) in [7, 11) is 0. The molecule has 1 aliphatic heterocycles. The Hall–Kier alpha value is 0.422. The van der Waals surface area contributed by atoms with Gasteiger partial charge < -0.3 is 27.3 Å². The number of carbonyl (C=O) groups excluding carboxylic acids is 2. The normalized spacial score (nSPS) is 16.4. The fourth-order valence-corrected chi connectivity index (χ4v) is 2.24. The Morgan fingerprint density at radius 2 is 2.00 bits per heavy atom. The molecular weight excluding hydrogens is 553 g/mol. The second kappa shape index (κ2) is 12.7. The van der Waals surface area contributed by atoms with Crippen molar-refractivity contribution in [1.82, 2.24) is 10.2 Å². The molecule has 0 aliphatic carbocycles. The van der Waals surface area contributed by atoms with Crippen LogP contribution in [0.5, 0.6) is 0 Å². The van der Waals surface area contributed by atoms with E-state index in [4.69, 9.17) is 0 Å². The van der Waals surface area contributed by atoms with Crippen molar-refractivity contribution in [2.75, 3.05) is 26.2 Å². The molecule has 1 atom stereocenters. The molecule has 1 rings (SSSR count). The van der Waals surface area contributed by atoms with Crippen LogP contribution >= 0.6 is 0 Å². The van der Waals surface area contributed by atoms with Crippen LogP contribution in [0, 0.1) is 6.92 Å². The van der Waals surface area contributed by atoms with Crippen molar-refractivity contribution in [3.63, 3.8) is 0 Å². The number of alkyl halides is 2. The van der Waals surface area contributed by atoms with Crippen LogP contribution in [-0.4, -0.2) is 54.9 Å². The Bertz CT molecular complexity index is 368. The predicted molar refractivity (Wildman–Crippen MR) is 76.4 cm³/mol. The minimum Gasteiger partial charge on any atom is -0.661 e. The molecule has 0 bridgehead atoms. The number of rotatable bonds is 6. The molecule has 0 aromatic heterocycles. The van der Waals surface area contributed by atoms with E-state index in [-0.39, 0.29) is 60.2 Å². The van der Waals surface area contributed by atoms with Crippen LogP contribution in [0.1, 0.15) is 32.6 Å². The SMILES string of the molecule is [CH2-]C(=O)[C@H](CC(F)(F)CCC)NC(=O)N1CCC[N-]CC1.[W].[Y]. The third-order valence-electron chi connectivity index (χ3n) is 3.36. The molecule has 9 heteroatoms. The number of urea groups is 1. The molecule has 1 fully saturated rings. The number of ketones is 1. The van der Waals surface area contributed by atoms with Crippen molar-refractivity contribution in [3.8, 4) is 0 Å².